The molecule has 0 saturated heterocycles. The third-order valence-electron chi connectivity index (χ3n) is 1.73. The molecule has 0 aliphatic heterocycles. The van der Waals surface area contributed by atoms with E-state index in [9.17, 15) is 4.79 Å². The highest BCUT2D eigenvalue weighted by Gasteiger charge is 2.10. The zero-order chi connectivity index (χ0) is 12.1. The number of nitrogens with zero attached hydrogens (tertiary/aromatic N) is 2. The average molecular weight is 283 g/mol. The Balaban J connectivity index is 1.97. The summed E-state index contributed by atoms with van der Waals surface area (Å²) in [6.07, 6.45) is 1.80. The Bertz CT molecular complexity index is 507. The van der Waals surface area contributed by atoms with Crippen LogP contribution in [0, 0.1) is 0 Å². The lowest BCUT2D eigenvalue weighted by atomic mass is 10.3. The summed E-state index contributed by atoms with van der Waals surface area (Å²) in [6, 6.07) is 1.77. The molecule has 4 nitrogen and oxygen atoms in total. The second-order valence-corrected chi connectivity index (χ2v) is 5.96. The molecule has 2 aromatic heterocycles. The van der Waals surface area contributed by atoms with E-state index in [4.69, 9.17) is 0 Å². The number of amides is 1. The Morgan fingerprint density at radius 2 is 2.47 bits per heavy atom. The molecule has 2 heterocycles. The van der Waals surface area contributed by atoms with Gasteiger partial charge in [-0.2, -0.15) is 11.3 Å². The highest BCUT2D eigenvalue weighted by molar-refractivity contribution is 8.01. The zero-order valence-corrected chi connectivity index (χ0v) is 11.2. The fraction of sp³-hybridized carbons (Fsp3) is 0.100. The minimum Gasteiger partial charge on any atom is -0.296 e. The summed E-state index contributed by atoms with van der Waals surface area (Å²) in [5, 5.41) is 14.8. The lowest BCUT2D eigenvalue weighted by molar-refractivity contribution is 0.102. The molecule has 0 bridgehead atoms. The van der Waals surface area contributed by atoms with Crippen molar-refractivity contribution in [2.45, 2.75) is 4.34 Å². The maximum absolute atomic E-state index is 11.7. The molecule has 0 atom stereocenters. The Labute approximate surface area is 111 Å². The van der Waals surface area contributed by atoms with E-state index < -0.39 is 0 Å². The second-order valence-electron chi connectivity index (χ2n) is 2.94. The lowest BCUT2D eigenvalue weighted by Crippen LogP contribution is -2.10. The van der Waals surface area contributed by atoms with Crippen molar-refractivity contribution in [3.05, 3.63) is 35.0 Å². The van der Waals surface area contributed by atoms with Crippen LogP contribution in [-0.2, 0) is 0 Å². The number of nitrogens with one attached hydrogen (secondary N) is 1. The van der Waals surface area contributed by atoms with Crippen LogP contribution in [0.2, 0.25) is 0 Å². The van der Waals surface area contributed by atoms with Gasteiger partial charge in [-0.15, -0.1) is 16.8 Å². The van der Waals surface area contributed by atoms with Gasteiger partial charge in [0.25, 0.3) is 5.91 Å². The fourth-order valence-electron chi connectivity index (χ4n) is 1.01. The molecule has 0 radical (unpaired) electrons. The third-order valence-corrected chi connectivity index (χ3v) is 4.39. The van der Waals surface area contributed by atoms with Crippen molar-refractivity contribution in [3.8, 4) is 0 Å². The Kier molecular flexibility index (Phi) is 4.29. The van der Waals surface area contributed by atoms with Crippen LogP contribution in [0.15, 0.2) is 33.8 Å². The van der Waals surface area contributed by atoms with Gasteiger partial charge in [-0.05, 0) is 11.4 Å². The van der Waals surface area contributed by atoms with E-state index in [1.54, 1.807) is 29.3 Å². The Morgan fingerprint density at radius 1 is 1.59 bits per heavy atom. The molecular formula is C10H9N3OS3. The van der Waals surface area contributed by atoms with Gasteiger partial charge in [-0.1, -0.05) is 29.2 Å². The lowest BCUT2D eigenvalue weighted by Gasteiger charge is -1.96. The van der Waals surface area contributed by atoms with E-state index in [1.807, 2.05) is 5.38 Å². The maximum atomic E-state index is 11.7. The summed E-state index contributed by atoms with van der Waals surface area (Å²) in [6.45, 7) is 3.63. The SMILES string of the molecule is C=CCSc1nnc(NC(=O)c2ccsc2)s1. The number of carbonyl (C=O) groups excluding carboxylic acids is 1. The first-order valence-electron chi connectivity index (χ1n) is 4.70. The van der Waals surface area contributed by atoms with Crippen molar-refractivity contribution in [2.24, 2.45) is 0 Å². The number of carbonyl (C=O) groups is 1. The first-order valence-corrected chi connectivity index (χ1v) is 7.45. The van der Waals surface area contributed by atoms with E-state index in [1.165, 1.54) is 22.7 Å². The Hall–Kier alpha value is -1.18. The summed E-state index contributed by atoms with van der Waals surface area (Å²) >= 11 is 4.39. The predicted molar refractivity (Wildman–Crippen MR) is 73.1 cm³/mol. The van der Waals surface area contributed by atoms with Gasteiger partial charge < -0.3 is 0 Å². The molecule has 17 heavy (non-hydrogen) atoms. The summed E-state index contributed by atoms with van der Waals surface area (Å²) in [7, 11) is 0. The fourth-order valence-corrected chi connectivity index (χ4v) is 3.16. The van der Waals surface area contributed by atoms with Gasteiger partial charge in [0, 0.05) is 11.1 Å². The van der Waals surface area contributed by atoms with Gasteiger partial charge >= 0.3 is 0 Å². The summed E-state index contributed by atoms with van der Waals surface area (Å²) in [4.78, 5) is 11.7. The van der Waals surface area contributed by atoms with E-state index in [2.05, 4.69) is 22.1 Å². The van der Waals surface area contributed by atoms with E-state index in [0.717, 1.165) is 10.1 Å². The van der Waals surface area contributed by atoms with E-state index >= 15 is 0 Å². The standard InChI is InChI=1S/C10H9N3OS3/c1-2-4-16-10-13-12-9(17-10)11-8(14)7-3-5-15-6-7/h2-3,5-6H,1,4H2,(H,11,12,14). The molecule has 1 amide bonds. The topological polar surface area (TPSA) is 54.9 Å². The van der Waals surface area contributed by atoms with Crippen LogP contribution in [0.4, 0.5) is 5.13 Å². The van der Waals surface area contributed by atoms with Crippen molar-refractivity contribution < 1.29 is 4.79 Å². The molecule has 0 aromatic carbocycles. The van der Waals surface area contributed by atoms with Crippen molar-refractivity contribution in [1.82, 2.24) is 10.2 Å². The average Bonchev–Trinajstić information content (AvgIpc) is 2.97. The van der Waals surface area contributed by atoms with Crippen molar-refractivity contribution in [3.63, 3.8) is 0 Å². The van der Waals surface area contributed by atoms with Crippen molar-refractivity contribution >= 4 is 45.5 Å². The van der Waals surface area contributed by atoms with Gasteiger partial charge in [0.05, 0.1) is 5.56 Å². The number of hydrogen-bond donors (Lipinski definition) is 1. The molecule has 2 aromatic rings. The molecule has 0 aliphatic rings. The van der Waals surface area contributed by atoms with Crippen LogP contribution >= 0.6 is 34.4 Å². The summed E-state index contributed by atoms with van der Waals surface area (Å²) in [5.41, 5.74) is 0.644. The van der Waals surface area contributed by atoms with Crippen LogP contribution in [-0.4, -0.2) is 21.9 Å². The number of rotatable bonds is 5. The molecule has 2 rings (SSSR count). The van der Waals surface area contributed by atoms with Gasteiger partial charge in [-0.3, -0.25) is 10.1 Å². The normalized spacial score (nSPS) is 10.1. The molecule has 88 valence electrons. The first-order chi connectivity index (χ1) is 8.29. The minimum absolute atomic E-state index is 0.150. The van der Waals surface area contributed by atoms with Crippen molar-refractivity contribution in [1.29, 1.82) is 0 Å². The second kappa shape index (κ2) is 5.95. The van der Waals surface area contributed by atoms with Gasteiger partial charge in [-0.25, -0.2) is 0 Å². The first kappa shape index (κ1) is 12.3. The minimum atomic E-state index is -0.150. The van der Waals surface area contributed by atoms with Gasteiger partial charge in [0.15, 0.2) is 4.34 Å². The van der Waals surface area contributed by atoms with Crippen LogP contribution in [0.5, 0.6) is 0 Å². The third kappa shape index (κ3) is 3.39. The molecule has 0 unspecified atom stereocenters. The molecule has 0 spiro atoms. The number of thioether (sulfide) groups is 1. The van der Waals surface area contributed by atoms with Crippen LogP contribution in [0.1, 0.15) is 10.4 Å². The highest BCUT2D eigenvalue weighted by Crippen LogP contribution is 2.25. The van der Waals surface area contributed by atoms with Crippen LogP contribution in [0.25, 0.3) is 0 Å². The number of hydrogen-bond acceptors (Lipinski definition) is 6. The molecule has 1 N–H and O–H groups in total. The predicted octanol–water partition coefficient (Wildman–Crippen LogP) is 3.13. The highest BCUT2D eigenvalue weighted by atomic mass is 32.2. The Morgan fingerprint density at radius 3 is 3.18 bits per heavy atom. The number of aromatic nitrogens is 2. The quantitative estimate of drug-likeness (QED) is 0.520. The monoisotopic (exact) mass is 283 g/mol. The molecule has 0 aliphatic carbocycles. The maximum Gasteiger partial charge on any atom is 0.258 e. The van der Waals surface area contributed by atoms with Crippen molar-refractivity contribution in [2.75, 3.05) is 11.1 Å². The molecule has 7 heteroatoms. The van der Waals surface area contributed by atoms with Crippen LogP contribution in [0.3, 0.4) is 0 Å². The number of thiophene rings is 1. The van der Waals surface area contributed by atoms with E-state index in [-0.39, 0.29) is 5.91 Å². The zero-order valence-electron chi connectivity index (χ0n) is 8.75. The smallest absolute Gasteiger partial charge is 0.258 e. The van der Waals surface area contributed by atoms with Gasteiger partial charge in [0.1, 0.15) is 0 Å². The van der Waals surface area contributed by atoms with E-state index in [0.29, 0.717) is 10.7 Å². The molecule has 0 fully saturated rings. The molecule has 0 saturated carbocycles. The number of anilines is 1. The summed E-state index contributed by atoms with van der Waals surface area (Å²) < 4.78 is 0.825. The van der Waals surface area contributed by atoms with Gasteiger partial charge in [0.2, 0.25) is 5.13 Å². The van der Waals surface area contributed by atoms with Crippen LogP contribution < -0.4 is 5.32 Å². The summed E-state index contributed by atoms with van der Waals surface area (Å²) in [5.74, 6) is 0.635. The molecular weight excluding hydrogens is 274 g/mol. The largest absolute Gasteiger partial charge is 0.296 e.